The maximum absolute atomic E-state index is 11.1. The quantitative estimate of drug-likeness (QED) is 0.326. The maximum atomic E-state index is 11.1. The molecule has 0 spiro atoms. The van der Waals surface area contributed by atoms with Crippen molar-refractivity contribution in [3.8, 4) is 5.75 Å². The lowest BCUT2D eigenvalue weighted by molar-refractivity contribution is -0.384. The number of fused-ring (bicyclic) bond motifs is 1. The molecule has 1 aromatic heterocycles. The molecule has 1 heterocycles. The zero-order valence-electron chi connectivity index (χ0n) is 16.4. The fourth-order valence-corrected chi connectivity index (χ4v) is 3.14. The van der Waals surface area contributed by atoms with Crippen LogP contribution in [0.25, 0.3) is 11.0 Å². The van der Waals surface area contributed by atoms with Gasteiger partial charge in [0.1, 0.15) is 11.6 Å². The number of rotatable bonds is 10. The highest BCUT2D eigenvalue weighted by molar-refractivity contribution is 5.78. The number of imidazole rings is 1. The number of nitro groups is 1. The second kappa shape index (κ2) is 9.32. The Labute approximate surface area is 164 Å². The minimum absolute atomic E-state index is 0.0628. The first-order valence-electron chi connectivity index (χ1n) is 9.68. The third kappa shape index (κ3) is 4.67. The summed E-state index contributed by atoms with van der Waals surface area (Å²) in [6.45, 7) is 7.32. The second-order valence-electron chi connectivity index (χ2n) is 6.63. The van der Waals surface area contributed by atoms with Crippen molar-refractivity contribution in [1.82, 2.24) is 14.9 Å². The predicted molar refractivity (Wildman–Crippen MR) is 110 cm³/mol. The highest BCUT2D eigenvalue weighted by Crippen LogP contribution is 2.24. The Bertz CT molecular complexity index is 935. The van der Waals surface area contributed by atoms with E-state index in [0.29, 0.717) is 18.5 Å². The number of nitrogens with zero attached hydrogens (tertiary/aromatic N) is 3. The van der Waals surface area contributed by atoms with E-state index >= 15 is 0 Å². The topological polar surface area (TPSA) is 82.2 Å². The molecule has 0 aliphatic rings. The monoisotopic (exact) mass is 382 g/mol. The van der Waals surface area contributed by atoms with Crippen LogP contribution in [-0.4, -0.2) is 34.2 Å². The molecule has 7 nitrogen and oxygen atoms in total. The first-order valence-corrected chi connectivity index (χ1v) is 9.68. The Morgan fingerprint density at radius 1 is 1.18 bits per heavy atom. The Morgan fingerprint density at radius 2 is 1.96 bits per heavy atom. The van der Waals surface area contributed by atoms with Gasteiger partial charge in [-0.05, 0) is 36.7 Å². The van der Waals surface area contributed by atoms with Gasteiger partial charge in [0.15, 0.2) is 0 Å². The molecule has 7 heteroatoms. The lowest BCUT2D eigenvalue weighted by Crippen LogP contribution is -2.20. The van der Waals surface area contributed by atoms with Gasteiger partial charge in [0, 0.05) is 31.6 Å². The minimum atomic E-state index is -0.383. The minimum Gasteiger partial charge on any atom is -0.494 e. The van der Waals surface area contributed by atoms with Crippen molar-refractivity contribution in [2.45, 2.75) is 33.2 Å². The SMILES string of the molecule is CCCOc1ccc(Cc2nc3cc([N+](=O)[O-])ccc3n2CCNCC)cc1. The van der Waals surface area contributed by atoms with Crippen LogP contribution in [0.2, 0.25) is 0 Å². The molecular weight excluding hydrogens is 356 g/mol. The summed E-state index contributed by atoms with van der Waals surface area (Å²) in [5.41, 5.74) is 2.76. The van der Waals surface area contributed by atoms with Crippen LogP contribution in [0.15, 0.2) is 42.5 Å². The van der Waals surface area contributed by atoms with Crippen molar-refractivity contribution in [3.63, 3.8) is 0 Å². The summed E-state index contributed by atoms with van der Waals surface area (Å²) in [5.74, 6) is 1.76. The van der Waals surface area contributed by atoms with Gasteiger partial charge in [-0.15, -0.1) is 0 Å². The van der Waals surface area contributed by atoms with Crippen molar-refractivity contribution < 1.29 is 9.66 Å². The number of benzene rings is 2. The highest BCUT2D eigenvalue weighted by Gasteiger charge is 2.15. The molecule has 2 aromatic carbocycles. The van der Waals surface area contributed by atoms with Crippen LogP contribution in [0.3, 0.4) is 0 Å². The van der Waals surface area contributed by atoms with E-state index in [2.05, 4.69) is 23.7 Å². The summed E-state index contributed by atoms with van der Waals surface area (Å²) in [6.07, 6.45) is 1.63. The van der Waals surface area contributed by atoms with Gasteiger partial charge in [-0.25, -0.2) is 4.98 Å². The zero-order valence-corrected chi connectivity index (χ0v) is 16.4. The fourth-order valence-electron chi connectivity index (χ4n) is 3.14. The normalized spacial score (nSPS) is 11.1. The van der Waals surface area contributed by atoms with Gasteiger partial charge < -0.3 is 14.6 Å². The maximum Gasteiger partial charge on any atom is 0.271 e. The van der Waals surface area contributed by atoms with E-state index in [4.69, 9.17) is 9.72 Å². The Kier molecular flexibility index (Phi) is 6.60. The second-order valence-corrected chi connectivity index (χ2v) is 6.63. The smallest absolute Gasteiger partial charge is 0.271 e. The van der Waals surface area contributed by atoms with Gasteiger partial charge in [0.2, 0.25) is 0 Å². The molecule has 0 bridgehead atoms. The molecule has 0 atom stereocenters. The van der Waals surface area contributed by atoms with Crippen molar-refractivity contribution in [3.05, 3.63) is 64.0 Å². The average molecular weight is 382 g/mol. The number of ether oxygens (including phenoxy) is 1. The molecule has 3 aromatic rings. The summed E-state index contributed by atoms with van der Waals surface area (Å²) in [7, 11) is 0. The number of nitrogens with one attached hydrogen (secondary N) is 1. The Hall–Kier alpha value is -2.93. The fraction of sp³-hybridized carbons (Fsp3) is 0.381. The van der Waals surface area contributed by atoms with Crippen molar-refractivity contribution in [1.29, 1.82) is 0 Å². The van der Waals surface area contributed by atoms with E-state index in [1.54, 1.807) is 12.1 Å². The van der Waals surface area contributed by atoms with E-state index in [1.807, 2.05) is 24.3 Å². The number of non-ortho nitro benzene ring substituents is 1. The Balaban J connectivity index is 1.89. The lowest BCUT2D eigenvalue weighted by Gasteiger charge is -2.10. The lowest BCUT2D eigenvalue weighted by atomic mass is 10.1. The molecule has 1 N–H and O–H groups in total. The molecule has 148 valence electrons. The van der Waals surface area contributed by atoms with E-state index in [1.165, 1.54) is 6.07 Å². The summed E-state index contributed by atoms with van der Waals surface area (Å²) in [4.78, 5) is 15.4. The number of likely N-dealkylation sites (N-methyl/N-ethyl adjacent to an activating group) is 1. The largest absolute Gasteiger partial charge is 0.494 e. The van der Waals surface area contributed by atoms with Crippen LogP contribution in [-0.2, 0) is 13.0 Å². The molecule has 0 aliphatic carbocycles. The highest BCUT2D eigenvalue weighted by atomic mass is 16.6. The van der Waals surface area contributed by atoms with E-state index in [9.17, 15) is 10.1 Å². The van der Waals surface area contributed by atoms with Crippen molar-refractivity contribution in [2.75, 3.05) is 19.7 Å². The van der Waals surface area contributed by atoms with Crippen LogP contribution < -0.4 is 10.1 Å². The number of nitro benzene ring substituents is 1. The molecule has 3 rings (SSSR count). The van der Waals surface area contributed by atoms with Gasteiger partial charge in [-0.1, -0.05) is 26.0 Å². The standard InChI is InChI=1S/C21H26N4O3/c1-3-13-28-18-8-5-16(6-9-18)14-21-23-19-15-17(25(26)27)7-10-20(19)24(21)12-11-22-4-2/h5-10,15,22H,3-4,11-14H2,1-2H3. The van der Waals surface area contributed by atoms with Crippen molar-refractivity contribution in [2.24, 2.45) is 0 Å². The predicted octanol–water partition coefficient (Wildman–Crippen LogP) is 3.93. The molecule has 0 amide bonds. The molecule has 28 heavy (non-hydrogen) atoms. The Morgan fingerprint density at radius 3 is 2.64 bits per heavy atom. The van der Waals surface area contributed by atoms with Gasteiger partial charge in [-0.2, -0.15) is 0 Å². The molecular formula is C21H26N4O3. The molecule has 0 unspecified atom stereocenters. The number of hydrogen-bond acceptors (Lipinski definition) is 5. The average Bonchev–Trinajstić information content (AvgIpc) is 3.04. The van der Waals surface area contributed by atoms with Crippen LogP contribution >= 0.6 is 0 Å². The third-order valence-corrected chi connectivity index (χ3v) is 4.54. The number of aromatic nitrogens is 2. The molecule has 0 aliphatic heterocycles. The van der Waals surface area contributed by atoms with Gasteiger partial charge in [0.05, 0.1) is 22.6 Å². The third-order valence-electron chi connectivity index (χ3n) is 4.54. The van der Waals surface area contributed by atoms with Crippen LogP contribution in [0, 0.1) is 10.1 Å². The van der Waals surface area contributed by atoms with Gasteiger partial charge in [0.25, 0.3) is 5.69 Å². The van der Waals surface area contributed by atoms with E-state index in [0.717, 1.165) is 48.7 Å². The van der Waals surface area contributed by atoms with Crippen molar-refractivity contribution >= 4 is 16.7 Å². The van der Waals surface area contributed by atoms with Gasteiger partial charge >= 0.3 is 0 Å². The molecule has 0 radical (unpaired) electrons. The summed E-state index contributed by atoms with van der Waals surface area (Å²) in [5, 5.41) is 14.4. The summed E-state index contributed by atoms with van der Waals surface area (Å²) in [6, 6.07) is 12.9. The first-order chi connectivity index (χ1) is 13.6. The van der Waals surface area contributed by atoms with Crippen LogP contribution in [0.1, 0.15) is 31.7 Å². The molecule has 0 saturated carbocycles. The van der Waals surface area contributed by atoms with E-state index < -0.39 is 0 Å². The van der Waals surface area contributed by atoms with Gasteiger partial charge in [-0.3, -0.25) is 10.1 Å². The zero-order chi connectivity index (χ0) is 19.9. The summed E-state index contributed by atoms with van der Waals surface area (Å²) >= 11 is 0. The van der Waals surface area contributed by atoms with E-state index in [-0.39, 0.29) is 10.6 Å². The number of hydrogen-bond donors (Lipinski definition) is 1. The summed E-state index contributed by atoms with van der Waals surface area (Å²) < 4.78 is 7.78. The van der Waals surface area contributed by atoms with Crippen LogP contribution in [0.5, 0.6) is 5.75 Å². The van der Waals surface area contributed by atoms with Crippen LogP contribution in [0.4, 0.5) is 5.69 Å². The molecule has 0 saturated heterocycles. The first kappa shape index (κ1) is 19.8. The molecule has 0 fully saturated rings.